The van der Waals surface area contributed by atoms with Gasteiger partial charge in [0.2, 0.25) is 5.76 Å². The fourth-order valence-electron chi connectivity index (χ4n) is 4.73. The molecule has 0 saturated heterocycles. The minimum absolute atomic E-state index is 0.0674. The van der Waals surface area contributed by atoms with E-state index < -0.39 is 17.9 Å². The molecule has 0 radical (unpaired) electrons. The number of hydrogen-bond acceptors (Lipinski definition) is 9. The van der Waals surface area contributed by atoms with Gasteiger partial charge in [0.25, 0.3) is 5.91 Å². The molecule has 0 fully saturated rings. The van der Waals surface area contributed by atoms with Crippen molar-refractivity contribution in [3.05, 3.63) is 91.8 Å². The summed E-state index contributed by atoms with van der Waals surface area (Å²) in [6, 6.07) is 7.84. The summed E-state index contributed by atoms with van der Waals surface area (Å²) in [5.74, 6) is -0.233. The Morgan fingerprint density at radius 3 is 2.60 bits per heavy atom. The number of methoxy groups -OCH3 is 1. The zero-order chi connectivity index (χ0) is 28.7. The van der Waals surface area contributed by atoms with Gasteiger partial charge in [-0.3, -0.25) is 14.5 Å². The summed E-state index contributed by atoms with van der Waals surface area (Å²) in [5.41, 5.74) is 3.06. The molecule has 2 aromatic carbocycles. The first-order valence-electron chi connectivity index (χ1n) is 12.7. The van der Waals surface area contributed by atoms with Gasteiger partial charge in [0.15, 0.2) is 22.1 Å². The van der Waals surface area contributed by atoms with Crippen LogP contribution < -0.4 is 19.8 Å². The quantitative estimate of drug-likeness (QED) is 0.200. The number of carbonyl (C=O) groups excluding carboxylic acids is 2. The summed E-state index contributed by atoms with van der Waals surface area (Å²) in [6.07, 6.45) is 1.62. The number of nitrogens with zero attached hydrogens (tertiary/aromatic N) is 2. The monoisotopic (exact) mass is 560 g/mol. The molecule has 0 spiro atoms. The molecule has 206 valence electrons. The number of aromatic nitrogens is 1. The molecule has 0 bridgehead atoms. The minimum atomic E-state index is -0.896. The number of benzene rings is 2. The molecule has 5 rings (SSSR count). The van der Waals surface area contributed by atoms with E-state index in [2.05, 4.69) is 11.6 Å². The van der Waals surface area contributed by atoms with Crippen LogP contribution in [0.4, 0.5) is 5.13 Å². The van der Waals surface area contributed by atoms with Crippen molar-refractivity contribution in [1.29, 1.82) is 0 Å². The van der Waals surface area contributed by atoms with E-state index in [1.807, 2.05) is 13.8 Å². The number of amides is 1. The van der Waals surface area contributed by atoms with Crippen LogP contribution in [0.2, 0.25) is 0 Å². The number of thiazole rings is 1. The van der Waals surface area contributed by atoms with Crippen molar-refractivity contribution in [2.24, 2.45) is 0 Å². The summed E-state index contributed by atoms with van der Waals surface area (Å²) < 4.78 is 22.6. The van der Waals surface area contributed by atoms with Gasteiger partial charge in [-0.15, -0.1) is 0 Å². The highest BCUT2D eigenvalue weighted by Crippen LogP contribution is 2.45. The zero-order valence-electron chi connectivity index (χ0n) is 22.8. The highest BCUT2D eigenvalue weighted by molar-refractivity contribution is 7.17. The maximum absolute atomic E-state index is 14.0. The molecule has 1 atom stereocenters. The minimum Gasteiger partial charge on any atom is -0.493 e. The van der Waals surface area contributed by atoms with Gasteiger partial charge in [0.05, 0.1) is 36.4 Å². The smallest absolute Gasteiger partial charge is 0.350 e. The van der Waals surface area contributed by atoms with Crippen molar-refractivity contribution < 1.29 is 28.2 Å². The maximum atomic E-state index is 14.0. The van der Waals surface area contributed by atoms with Crippen LogP contribution in [-0.4, -0.2) is 37.2 Å². The van der Waals surface area contributed by atoms with Gasteiger partial charge in [-0.05, 0) is 68.7 Å². The van der Waals surface area contributed by atoms with Crippen molar-refractivity contribution in [2.75, 3.05) is 25.2 Å². The van der Waals surface area contributed by atoms with E-state index in [9.17, 15) is 14.4 Å². The topological polar surface area (TPSA) is 108 Å². The SMILES string of the molecule is C=CCOc1ccc(C2c3c(oc4cc(C)c(C)cc4c3=O)C(=O)N2c2nc(C)c(C(=O)OCC)s2)cc1OC. The first-order valence-corrected chi connectivity index (χ1v) is 13.5. The second-order valence-electron chi connectivity index (χ2n) is 9.33. The molecule has 1 aliphatic heterocycles. The van der Waals surface area contributed by atoms with Crippen molar-refractivity contribution in [3.63, 3.8) is 0 Å². The van der Waals surface area contributed by atoms with Crippen LogP contribution in [0.5, 0.6) is 11.5 Å². The average molecular weight is 561 g/mol. The van der Waals surface area contributed by atoms with Gasteiger partial charge in [0, 0.05) is 0 Å². The fourth-order valence-corrected chi connectivity index (χ4v) is 5.72. The van der Waals surface area contributed by atoms with Crippen LogP contribution in [0.25, 0.3) is 11.0 Å². The molecule has 2 aromatic heterocycles. The molecule has 4 aromatic rings. The van der Waals surface area contributed by atoms with Crippen molar-refractivity contribution in [3.8, 4) is 11.5 Å². The molecule has 0 N–H and O–H groups in total. The normalized spacial score (nSPS) is 14.4. The Labute approximate surface area is 234 Å². The van der Waals surface area contributed by atoms with Gasteiger partial charge in [-0.2, -0.15) is 0 Å². The maximum Gasteiger partial charge on any atom is 0.350 e. The van der Waals surface area contributed by atoms with Gasteiger partial charge >= 0.3 is 5.97 Å². The lowest BCUT2D eigenvalue weighted by Crippen LogP contribution is -2.29. The van der Waals surface area contributed by atoms with E-state index in [0.717, 1.165) is 22.5 Å². The Hall–Kier alpha value is -4.44. The zero-order valence-corrected chi connectivity index (χ0v) is 23.6. The molecule has 0 aliphatic carbocycles. The molecule has 10 heteroatoms. The predicted octanol–water partition coefficient (Wildman–Crippen LogP) is 5.67. The first kappa shape index (κ1) is 27.1. The second kappa shape index (κ2) is 10.6. The third-order valence-corrected chi connectivity index (χ3v) is 7.94. The Kier molecular flexibility index (Phi) is 7.20. The van der Waals surface area contributed by atoms with Crippen LogP contribution in [0.3, 0.4) is 0 Å². The standard InChI is InChI=1S/C30H28N2O7S/c1-7-11-38-20-10-9-18(14-22(20)36-6)24-23-25(33)19-12-15(3)16(4)13-21(19)39-26(23)28(34)32(24)30-31-17(5)27(40-30)29(35)37-8-2/h7,9-10,12-14,24H,1,8,11H2,2-6H3. The van der Waals surface area contributed by atoms with E-state index in [1.54, 1.807) is 50.3 Å². The largest absolute Gasteiger partial charge is 0.493 e. The third kappa shape index (κ3) is 4.44. The van der Waals surface area contributed by atoms with Crippen molar-refractivity contribution >= 4 is 39.3 Å². The molecule has 1 unspecified atom stereocenters. The first-order chi connectivity index (χ1) is 19.2. The van der Waals surface area contributed by atoms with E-state index in [0.29, 0.717) is 33.7 Å². The number of hydrogen-bond donors (Lipinski definition) is 0. The molecule has 3 heterocycles. The Balaban J connectivity index is 1.75. The number of rotatable bonds is 8. The lowest BCUT2D eigenvalue weighted by molar-refractivity contribution is 0.0531. The van der Waals surface area contributed by atoms with Gasteiger partial charge in [0.1, 0.15) is 17.1 Å². The van der Waals surface area contributed by atoms with Crippen LogP contribution in [0, 0.1) is 20.8 Å². The van der Waals surface area contributed by atoms with Crippen molar-refractivity contribution in [1.82, 2.24) is 4.98 Å². The fraction of sp³-hybridized carbons (Fsp3) is 0.267. The Bertz CT molecular complexity index is 1740. The third-order valence-electron chi connectivity index (χ3n) is 6.80. The molecule has 1 aliphatic rings. The second-order valence-corrected chi connectivity index (χ2v) is 10.3. The highest BCUT2D eigenvalue weighted by atomic mass is 32.1. The van der Waals surface area contributed by atoms with E-state index in [4.69, 9.17) is 18.6 Å². The summed E-state index contributed by atoms with van der Waals surface area (Å²) in [6.45, 7) is 11.4. The highest BCUT2D eigenvalue weighted by Gasteiger charge is 2.45. The summed E-state index contributed by atoms with van der Waals surface area (Å²) in [5, 5.41) is 0.616. The van der Waals surface area contributed by atoms with E-state index in [1.165, 1.54) is 12.0 Å². The molecule has 9 nitrogen and oxygen atoms in total. The van der Waals surface area contributed by atoms with Gasteiger partial charge < -0.3 is 18.6 Å². The van der Waals surface area contributed by atoms with Crippen molar-refractivity contribution in [2.45, 2.75) is 33.7 Å². The van der Waals surface area contributed by atoms with E-state index >= 15 is 0 Å². The van der Waals surface area contributed by atoms with Crippen LogP contribution in [-0.2, 0) is 4.74 Å². The van der Waals surface area contributed by atoms with Crippen LogP contribution in [0.1, 0.15) is 61.1 Å². The van der Waals surface area contributed by atoms with Gasteiger partial charge in [-0.1, -0.05) is 30.1 Å². The Morgan fingerprint density at radius 1 is 1.15 bits per heavy atom. The van der Waals surface area contributed by atoms with Gasteiger partial charge in [-0.25, -0.2) is 9.78 Å². The molecule has 0 saturated carbocycles. The summed E-state index contributed by atoms with van der Waals surface area (Å²) >= 11 is 1.03. The molecule has 40 heavy (non-hydrogen) atoms. The average Bonchev–Trinajstić information content (AvgIpc) is 3.46. The number of aryl methyl sites for hydroxylation is 3. The van der Waals surface area contributed by atoms with Crippen LogP contribution >= 0.6 is 11.3 Å². The Morgan fingerprint density at radius 2 is 1.90 bits per heavy atom. The number of ether oxygens (including phenoxy) is 3. The number of anilines is 1. The number of fused-ring (bicyclic) bond motifs is 2. The molecular formula is C30H28N2O7S. The number of esters is 1. The van der Waals surface area contributed by atoms with E-state index in [-0.39, 0.29) is 40.0 Å². The molecular weight excluding hydrogens is 532 g/mol. The summed E-state index contributed by atoms with van der Waals surface area (Å²) in [4.78, 5) is 46.8. The predicted molar refractivity (Wildman–Crippen MR) is 152 cm³/mol. The lowest BCUT2D eigenvalue weighted by atomic mass is 9.97. The molecule has 1 amide bonds. The number of carbonyl (C=O) groups is 2. The van der Waals surface area contributed by atoms with Crippen LogP contribution in [0.15, 0.2) is 52.2 Å². The lowest BCUT2D eigenvalue weighted by Gasteiger charge is -2.23. The summed E-state index contributed by atoms with van der Waals surface area (Å²) in [7, 11) is 1.51.